The first-order chi connectivity index (χ1) is 12.2. The van der Waals surface area contributed by atoms with Crippen molar-refractivity contribution in [3.8, 4) is 17.2 Å². The Balaban J connectivity index is 1.97. The molecule has 4 nitrogen and oxygen atoms in total. The fourth-order valence-corrected chi connectivity index (χ4v) is 3.90. The lowest BCUT2D eigenvalue weighted by atomic mass is 9.99. The molecule has 2 heterocycles. The van der Waals surface area contributed by atoms with Crippen LogP contribution in [-0.4, -0.2) is 13.9 Å². The van der Waals surface area contributed by atoms with E-state index >= 15 is 0 Å². The van der Waals surface area contributed by atoms with Crippen molar-refractivity contribution >= 4 is 32.4 Å². The lowest BCUT2D eigenvalue weighted by molar-refractivity contribution is -0.642. The number of aryl methyl sites for hydroxylation is 2. The average molecular weight is 332 g/mol. The van der Waals surface area contributed by atoms with Crippen LogP contribution in [0.15, 0.2) is 42.6 Å². The second kappa shape index (κ2) is 4.99. The molecule has 124 valence electrons. The predicted molar refractivity (Wildman–Crippen MR) is 97.5 cm³/mol. The number of methoxy groups -OCH3 is 1. The van der Waals surface area contributed by atoms with Gasteiger partial charge >= 0.3 is 0 Å². The molecular formula is C21H18NO3+. The minimum absolute atomic E-state index is 0.287. The molecule has 1 aliphatic heterocycles. The molecule has 1 aliphatic rings. The van der Waals surface area contributed by atoms with Gasteiger partial charge in [0, 0.05) is 5.39 Å². The zero-order valence-corrected chi connectivity index (χ0v) is 14.4. The quantitative estimate of drug-likeness (QED) is 0.390. The third-order valence-electron chi connectivity index (χ3n) is 5.05. The van der Waals surface area contributed by atoms with Crippen LogP contribution in [0.5, 0.6) is 17.2 Å². The molecule has 3 aromatic carbocycles. The van der Waals surface area contributed by atoms with Crippen LogP contribution >= 0.6 is 0 Å². The third-order valence-corrected chi connectivity index (χ3v) is 5.05. The van der Waals surface area contributed by atoms with Gasteiger partial charge in [-0.15, -0.1) is 0 Å². The van der Waals surface area contributed by atoms with E-state index in [2.05, 4.69) is 61.1 Å². The zero-order chi connectivity index (χ0) is 17.1. The van der Waals surface area contributed by atoms with E-state index in [1.54, 1.807) is 7.11 Å². The molecular weight excluding hydrogens is 314 g/mol. The smallest absolute Gasteiger partial charge is 0.231 e. The van der Waals surface area contributed by atoms with Crippen LogP contribution in [0, 0.1) is 6.92 Å². The van der Waals surface area contributed by atoms with Crippen LogP contribution < -0.4 is 18.8 Å². The Morgan fingerprint density at radius 2 is 1.68 bits per heavy atom. The van der Waals surface area contributed by atoms with Crippen LogP contribution in [0.25, 0.3) is 32.4 Å². The van der Waals surface area contributed by atoms with E-state index in [4.69, 9.17) is 14.2 Å². The Morgan fingerprint density at radius 3 is 2.48 bits per heavy atom. The molecule has 0 amide bonds. The van der Waals surface area contributed by atoms with Gasteiger partial charge in [-0.3, -0.25) is 0 Å². The summed E-state index contributed by atoms with van der Waals surface area (Å²) >= 11 is 0. The Labute approximate surface area is 145 Å². The highest BCUT2D eigenvalue weighted by Crippen LogP contribution is 2.40. The van der Waals surface area contributed by atoms with Crippen molar-refractivity contribution in [2.24, 2.45) is 7.05 Å². The van der Waals surface area contributed by atoms with E-state index in [1.165, 1.54) is 16.3 Å². The maximum Gasteiger partial charge on any atom is 0.231 e. The Hall–Kier alpha value is -3.01. The summed E-state index contributed by atoms with van der Waals surface area (Å²) in [5.74, 6) is 2.55. The molecule has 0 fully saturated rings. The summed E-state index contributed by atoms with van der Waals surface area (Å²) in [4.78, 5) is 0. The highest BCUT2D eigenvalue weighted by Gasteiger charge is 2.21. The van der Waals surface area contributed by atoms with Crippen molar-refractivity contribution in [2.45, 2.75) is 6.92 Å². The van der Waals surface area contributed by atoms with Crippen molar-refractivity contribution < 1.29 is 18.8 Å². The number of fused-ring (bicyclic) bond motifs is 6. The van der Waals surface area contributed by atoms with E-state index in [0.717, 1.165) is 39.0 Å². The summed E-state index contributed by atoms with van der Waals surface area (Å²) in [5, 5.41) is 5.81. The molecule has 0 radical (unpaired) electrons. The van der Waals surface area contributed by atoms with Crippen LogP contribution in [0.1, 0.15) is 5.56 Å². The van der Waals surface area contributed by atoms with E-state index in [0.29, 0.717) is 0 Å². The van der Waals surface area contributed by atoms with Crippen LogP contribution in [-0.2, 0) is 7.05 Å². The number of nitrogens with zero attached hydrogens (tertiary/aromatic N) is 1. The number of hydrogen-bond acceptors (Lipinski definition) is 3. The van der Waals surface area contributed by atoms with Gasteiger partial charge in [-0.2, -0.15) is 4.57 Å². The standard InChI is InChI=1S/C21H18NO3/c1-12-4-6-14-15-7-5-13-8-18-19(25-11-24-18)9-16(13)20(15)22(2)10-17(14)21(12)23-3/h4-10H,11H2,1-3H3/q+1. The van der Waals surface area contributed by atoms with E-state index < -0.39 is 0 Å². The van der Waals surface area contributed by atoms with Crippen molar-refractivity contribution in [2.75, 3.05) is 13.9 Å². The second-order valence-electron chi connectivity index (χ2n) is 6.51. The summed E-state index contributed by atoms with van der Waals surface area (Å²) in [6, 6.07) is 12.7. The lowest BCUT2D eigenvalue weighted by Crippen LogP contribution is -2.28. The molecule has 0 saturated carbocycles. The molecule has 5 rings (SSSR count). The number of aromatic nitrogens is 1. The molecule has 0 N–H and O–H groups in total. The first kappa shape index (κ1) is 14.3. The predicted octanol–water partition coefficient (Wildman–Crippen LogP) is 4.02. The first-order valence-corrected chi connectivity index (χ1v) is 8.29. The van der Waals surface area contributed by atoms with Gasteiger partial charge in [0.05, 0.1) is 23.3 Å². The van der Waals surface area contributed by atoms with Gasteiger partial charge in [0.15, 0.2) is 17.7 Å². The first-order valence-electron chi connectivity index (χ1n) is 8.29. The number of rotatable bonds is 1. The fourth-order valence-electron chi connectivity index (χ4n) is 3.90. The fraction of sp³-hybridized carbons (Fsp3) is 0.190. The Bertz CT molecular complexity index is 1180. The molecule has 0 unspecified atom stereocenters. The number of hydrogen-bond donors (Lipinski definition) is 0. The van der Waals surface area contributed by atoms with Gasteiger partial charge < -0.3 is 14.2 Å². The molecule has 4 heteroatoms. The second-order valence-corrected chi connectivity index (χ2v) is 6.51. The highest BCUT2D eigenvalue weighted by molar-refractivity contribution is 6.15. The van der Waals surface area contributed by atoms with E-state index in [1.807, 2.05) is 0 Å². The molecule has 25 heavy (non-hydrogen) atoms. The van der Waals surface area contributed by atoms with Gasteiger partial charge in [-0.1, -0.05) is 18.2 Å². The highest BCUT2D eigenvalue weighted by atomic mass is 16.7. The minimum atomic E-state index is 0.287. The van der Waals surface area contributed by atoms with Crippen LogP contribution in [0.4, 0.5) is 0 Å². The molecule has 4 aromatic rings. The molecule has 0 saturated heterocycles. The summed E-state index contributed by atoms with van der Waals surface area (Å²) in [7, 11) is 3.81. The molecule has 0 spiro atoms. The number of ether oxygens (including phenoxy) is 3. The van der Waals surface area contributed by atoms with Crippen molar-refractivity contribution in [3.05, 3.63) is 48.2 Å². The molecule has 0 aliphatic carbocycles. The Morgan fingerprint density at radius 1 is 0.920 bits per heavy atom. The monoisotopic (exact) mass is 332 g/mol. The summed E-state index contributed by atoms with van der Waals surface area (Å²) in [6.07, 6.45) is 2.15. The van der Waals surface area contributed by atoms with Gasteiger partial charge in [-0.05, 0) is 36.1 Å². The lowest BCUT2D eigenvalue weighted by Gasteiger charge is -2.11. The number of pyridine rings is 1. The zero-order valence-electron chi connectivity index (χ0n) is 14.4. The van der Waals surface area contributed by atoms with E-state index in [9.17, 15) is 0 Å². The topological polar surface area (TPSA) is 31.6 Å². The Kier molecular flexibility index (Phi) is 2.86. The largest absolute Gasteiger partial charge is 0.496 e. The summed E-state index contributed by atoms with van der Waals surface area (Å²) in [6.45, 7) is 2.36. The molecule has 0 bridgehead atoms. The van der Waals surface area contributed by atoms with Crippen molar-refractivity contribution in [1.29, 1.82) is 0 Å². The van der Waals surface area contributed by atoms with Gasteiger partial charge in [0.1, 0.15) is 12.8 Å². The van der Waals surface area contributed by atoms with Crippen LogP contribution in [0.3, 0.4) is 0 Å². The average Bonchev–Trinajstić information content (AvgIpc) is 3.06. The van der Waals surface area contributed by atoms with Crippen molar-refractivity contribution in [1.82, 2.24) is 0 Å². The van der Waals surface area contributed by atoms with Crippen LogP contribution in [0.2, 0.25) is 0 Å². The van der Waals surface area contributed by atoms with E-state index in [-0.39, 0.29) is 6.79 Å². The third kappa shape index (κ3) is 1.91. The SMILES string of the molecule is COc1c(C)ccc2c1c[n+](C)c1c3cc4c(cc3ccc21)OCO4. The normalized spacial score (nSPS) is 13.1. The van der Waals surface area contributed by atoms with Gasteiger partial charge in [0.25, 0.3) is 0 Å². The van der Waals surface area contributed by atoms with Gasteiger partial charge in [0.2, 0.25) is 12.3 Å². The van der Waals surface area contributed by atoms with Crippen molar-refractivity contribution in [3.63, 3.8) is 0 Å². The maximum absolute atomic E-state index is 5.66. The molecule has 1 aromatic heterocycles. The summed E-state index contributed by atoms with van der Waals surface area (Å²) in [5.41, 5.74) is 2.31. The molecule has 0 atom stereocenters. The number of benzene rings is 3. The maximum atomic E-state index is 5.66. The van der Waals surface area contributed by atoms with Gasteiger partial charge in [-0.25, -0.2) is 0 Å². The summed E-state index contributed by atoms with van der Waals surface area (Å²) < 4.78 is 18.9. The minimum Gasteiger partial charge on any atom is -0.496 e.